The van der Waals surface area contributed by atoms with Gasteiger partial charge in [-0.2, -0.15) is 0 Å². The van der Waals surface area contributed by atoms with Gasteiger partial charge < -0.3 is 10.6 Å². The minimum absolute atomic E-state index is 0.436. The van der Waals surface area contributed by atoms with Crippen molar-refractivity contribution in [3.8, 4) is 0 Å². The highest BCUT2D eigenvalue weighted by molar-refractivity contribution is 4.88. The fourth-order valence-corrected chi connectivity index (χ4v) is 1.83. The van der Waals surface area contributed by atoms with Crippen LogP contribution in [-0.4, -0.2) is 25.2 Å². The molecule has 0 amide bonds. The molecule has 0 aliphatic heterocycles. The topological polar surface area (TPSA) is 24.1 Å². The number of rotatable bonds is 4. The van der Waals surface area contributed by atoms with Crippen molar-refractivity contribution in [2.45, 2.75) is 51.1 Å². The zero-order chi connectivity index (χ0) is 9.03. The molecule has 0 aromatic heterocycles. The second-order valence-electron chi connectivity index (χ2n) is 4.34. The SMILES string of the molecule is CNC(C)CNC1(C)CCCC1. The van der Waals surface area contributed by atoms with E-state index in [-0.39, 0.29) is 0 Å². The summed E-state index contributed by atoms with van der Waals surface area (Å²) < 4.78 is 0. The van der Waals surface area contributed by atoms with Crippen LogP contribution in [0.1, 0.15) is 39.5 Å². The van der Waals surface area contributed by atoms with Gasteiger partial charge in [0, 0.05) is 18.1 Å². The van der Waals surface area contributed by atoms with Crippen LogP contribution in [0, 0.1) is 0 Å². The Bertz CT molecular complexity index is 128. The van der Waals surface area contributed by atoms with Crippen LogP contribution in [0.4, 0.5) is 0 Å². The third-order valence-corrected chi connectivity index (χ3v) is 3.03. The minimum atomic E-state index is 0.436. The number of hydrogen-bond donors (Lipinski definition) is 2. The molecule has 72 valence electrons. The molecule has 1 saturated carbocycles. The molecule has 0 aromatic carbocycles. The summed E-state index contributed by atoms with van der Waals surface area (Å²) in [6.45, 7) is 5.65. The molecule has 0 spiro atoms. The molecule has 1 unspecified atom stereocenters. The van der Waals surface area contributed by atoms with Crippen molar-refractivity contribution in [1.82, 2.24) is 10.6 Å². The van der Waals surface area contributed by atoms with Gasteiger partial charge in [-0.15, -0.1) is 0 Å². The monoisotopic (exact) mass is 170 g/mol. The molecule has 2 heteroatoms. The summed E-state index contributed by atoms with van der Waals surface area (Å²) in [5, 5.41) is 6.89. The van der Waals surface area contributed by atoms with E-state index in [1.807, 2.05) is 7.05 Å². The maximum Gasteiger partial charge on any atom is 0.0161 e. The van der Waals surface area contributed by atoms with E-state index in [1.165, 1.54) is 25.7 Å². The fourth-order valence-electron chi connectivity index (χ4n) is 1.83. The quantitative estimate of drug-likeness (QED) is 0.668. The molecule has 1 fully saturated rings. The minimum Gasteiger partial charge on any atom is -0.316 e. The normalized spacial score (nSPS) is 24.2. The molecule has 2 N–H and O–H groups in total. The number of likely N-dealkylation sites (N-methyl/N-ethyl adjacent to an activating group) is 1. The Morgan fingerprint density at radius 2 is 1.92 bits per heavy atom. The van der Waals surface area contributed by atoms with Crippen molar-refractivity contribution in [1.29, 1.82) is 0 Å². The van der Waals surface area contributed by atoms with Gasteiger partial charge in [0.1, 0.15) is 0 Å². The van der Waals surface area contributed by atoms with E-state index >= 15 is 0 Å². The van der Waals surface area contributed by atoms with Crippen LogP contribution in [0.3, 0.4) is 0 Å². The average molecular weight is 170 g/mol. The predicted molar refractivity (Wildman–Crippen MR) is 53.4 cm³/mol. The molecule has 0 bridgehead atoms. The summed E-state index contributed by atoms with van der Waals surface area (Å²) in [6, 6.07) is 0.586. The maximum atomic E-state index is 3.65. The zero-order valence-electron chi connectivity index (χ0n) is 8.61. The van der Waals surface area contributed by atoms with Crippen LogP contribution in [0.15, 0.2) is 0 Å². The lowest BCUT2D eigenvalue weighted by atomic mass is 10.0. The van der Waals surface area contributed by atoms with E-state index in [4.69, 9.17) is 0 Å². The van der Waals surface area contributed by atoms with E-state index in [0.29, 0.717) is 11.6 Å². The van der Waals surface area contributed by atoms with Crippen molar-refractivity contribution in [3.63, 3.8) is 0 Å². The lowest BCUT2D eigenvalue weighted by molar-refractivity contribution is 0.347. The van der Waals surface area contributed by atoms with Crippen molar-refractivity contribution < 1.29 is 0 Å². The zero-order valence-corrected chi connectivity index (χ0v) is 8.61. The highest BCUT2D eigenvalue weighted by atomic mass is 15.0. The van der Waals surface area contributed by atoms with Crippen LogP contribution >= 0.6 is 0 Å². The van der Waals surface area contributed by atoms with E-state index in [2.05, 4.69) is 24.5 Å². The van der Waals surface area contributed by atoms with Gasteiger partial charge in [-0.1, -0.05) is 12.8 Å². The Balaban J connectivity index is 2.21. The fraction of sp³-hybridized carbons (Fsp3) is 1.00. The highest BCUT2D eigenvalue weighted by Crippen LogP contribution is 2.28. The predicted octanol–water partition coefficient (Wildman–Crippen LogP) is 1.52. The second-order valence-corrected chi connectivity index (χ2v) is 4.34. The Hall–Kier alpha value is -0.0800. The van der Waals surface area contributed by atoms with E-state index in [1.54, 1.807) is 0 Å². The average Bonchev–Trinajstić information content (AvgIpc) is 2.49. The summed E-state index contributed by atoms with van der Waals surface area (Å²) in [4.78, 5) is 0. The van der Waals surface area contributed by atoms with Gasteiger partial charge in [-0.25, -0.2) is 0 Å². The van der Waals surface area contributed by atoms with Crippen molar-refractivity contribution in [3.05, 3.63) is 0 Å². The lowest BCUT2D eigenvalue weighted by Gasteiger charge is -2.27. The van der Waals surface area contributed by atoms with Gasteiger partial charge >= 0.3 is 0 Å². The molecule has 1 atom stereocenters. The van der Waals surface area contributed by atoms with Gasteiger partial charge in [0.2, 0.25) is 0 Å². The van der Waals surface area contributed by atoms with Crippen LogP contribution < -0.4 is 10.6 Å². The summed E-state index contributed by atoms with van der Waals surface area (Å²) >= 11 is 0. The van der Waals surface area contributed by atoms with Gasteiger partial charge in [0.25, 0.3) is 0 Å². The second kappa shape index (κ2) is 4.24. The molecule has 1 rings (SSSR count). The van der Waals surface area contributed by atoms with Gasteiger partial charge in [-0.05, 0) is 33.7 Å². The Labute approximate surface area is 76.1 Å². The van der Waals surface area contributed by atoms with Crippen molar-refractivity contribution in [2.75, 3.05) is 13.6 Å². The first kappa shape index (κ1) is 10.0. The maximum absolute atomic E-state index is 3.65. The van der Waals surface area contributed by atoms with E-state index in [9.17, 15) is 0 Å². The molecule has 0 heterocycles. The van der Waals surface area contributed by atoms with Crippen LogP contribution in [0.5, 0.6) is 0 Å². The van der Waals surface area contributed by atoms with Gasteiger partial charge in [0.05, 0.1) is 0 Å². The summed E-state index contributed by atoms with van der Waals surface area (Å²) in [5.41, 5.74) is 0.436. The summed E-state index contributed by atoms with van der Waals surface area (Å²) in [5.74, 6) is 0. The molecule has 1 aliphatic carbocycles. The number of nitrogens with one attached hydrogen (secondary N) is 2. The van der Waals surface area contributed by atoms with Crippen LogP contribution in [-0.2, 0) is 0 Å². The van der Waals surface area contributed by atoms with E-state index < -0.39 is 0 Å². The molecule has 12 heavy (non-hydrogen) atoms. The first-order valence-corrected chi connectivity index (χ1v) is 5.08. The highest BCUT2D eigenvalue weighted by Gasteiger charge is 2.27. The van der Waals surface area contributed by atoms with E-state index in [0.717, 1.165) is 6.54 Å². The molecule has 0 radical (unpaired) electrons. The third kappa shape index (κ3) is 2.76. The summed E-state index contributed by atoms with van der Waals surface area (Å²) in [7, 11) is 2.02. The van der Waals surface area contributed by atoms with Gasteiger partial charge in [0.15, 0.2) is 0 Å². The first-order valence-electron chi connectivity index (χ1n) is 5.08. The van der Waals surface area contributed by atoms with Crippen molar-refractivity contribution in [2.24, 2.45) is 0 Å². The standard InChI is InChI=1S/C10H22N2/c1-9(11-3)8-12-10(2)6-4-5-7-10/h9,11-12H,4-8H2,1-3H3. The first-order chi connectivity index (χ1) is 5.66. The lowest BCUT2D eigenvalue weighted by Crippen LogP contribution is -2.45. The molecule has 0 aromatic rings. The molecule has 0 saturated heterocycles. The van der Waals surface area contributed by atoms with Crippen molar-refractivity contribution >= 4 is 0 Å². The summed E-state index contributed by atoms with van der Waals surface area (Å²) in [6.07, 6.45) is 5.50. The molecular weight excluding hydrogens is 148 g/mol. The Morgan fingerprint density at radius 1 is 1.33 bits per heavy atom. The van der Waals surface area contributed by atoms with Crippen LogP contribution in [0.25, 0.3) is 0 Å². The molecular formula is C10H22N2. The molecule has 1 aliphatic rings. The number of hydrogen-bond acceptors (Lipinski definition) is 2. The largest absolute Gasteiger partial charge is 0.316 e. The van der Waals surface area contributed by atoms with Crippen LogP contribution in [0.2, 0.25) is 0 Å². The Morgan fingerprint density at radius 3 is 2.42 bits per heavy atom. The smallest absolute Gasteiger partial charge is 0.0161 e. The molecule has 2 nitrogen and oxygen atoms in total. The third-order valence-electron chi connectivity index (χ3n) is 3.03. The Kier molecular flexibility index (Phi) is 3.53. The van der Waals surface area contributed by atoms with Gasteiger partial charge in [-0.3, -0.25) is 0 Å².